The van der Waals surface area contributed by atoms with E-state index in [4.69, 9.17) is 5.73 Å². The lowest BCUT2D eigenvalue weighted by Gasteiger charge is -2.02. The first-order valence-electron chi connectivity index (χ1n) is 3.61. The molecule has 4 nitrogen and oxygen atoms in total. The Bertz CT molecular complexity index is 163. The van der Waals surface area contributed by atoms with Crippen molar-refractivity contribution in [1.82, 2.24) is 5.43 Å². The zero-order valence-electron chi connectivity index (χ0n) is 7.22. The van der Waals surface area contributed by atoms with E-state index in [0.717, 1.165) is 12.1 Å². The van der Waals surface area contributed by atoms with E-state index < -0.39 is 6.03 Å². The van der Waals surface area contributed by atoms with E-state index >= 15 is 0 Å². The SMILES string of the molecule is C/C(CC(C)C)=N\NC(N)=O. The van der Waals surface area contributed by atoms with E-state index in [1.165, 1.54) is 0 Å². The smallest absolute Gasteiger partial charge is 0.332 e. The molecule has 0 saturated heterocycles. The van der Waals surface area contributed by atoms with Gasteiger partial charge in [0.05, 0.1) is 0 Å². The van der Waals surface area contributed by atoms with Crippen LogP contribution in [-0.2, 0) is 0 Å². The van der Waals surface area contributed by atoms with Gasteiger partial charge in [-0.15, -0.1) is 0 Å². The highest BCUT2D eigenvalue weighted by molar-refractivity contribution is 5.83. The van der Waals surface area contributed by atoms with Gasteiger partial charge in [-0.2, -0.15) is 5.10 Å². The van der Waals surface area contributed by atoms with Gasteiger partial charge in [0.15, 0.2) is 0 Å². The highest BCUT2D eigenvalue weighted by Gasteiger charge is 1.96. The molecule has 0 atom stereocenters. The van der Waals surface area contributed by atoms with Gasteiger partial charge < -0.3 is 5.73 Å². The number of carbonyl (C=O) groups excluding carboxylic acids is 1. The number of nitrogens with two attached hydrogens (primary N) is 1. The van der Waals surface area contributed by atoms with Gasteiger partial charge in [0, 0.05) is 5.71 Å². The Kier molecular flexibility index (Phi) is 4.26. The quantitative estimate of drug-likeness (QED) is 0.467. The lowest BCUT2D eigenvalue weighted by molar-refractivity contribution is 0.249. The standard InChI is InChI=1S/C7H15N3O/c1-5(2)4-6(3)9-10-7(8)11/h5H,4H2,1-3H3,(H3,8,10,11)/b9-6+. The van der Waals surface area contributed by atoms with Crippen LogP contribution in [0.1, 0.15) is 27.2 Å². The average molecular weight is 157 g/mol. The van der Waals surface area contributed by atoms with E-state index in [1.54, 1.807) is 0 Å². The highest BCUT2D eigenvalue weighted by Crippen LogP contribution is 1.99. The first-order valence-corrected chi connectivity index (χ1v) is 3.61. The van der Waals surface area contributed by atoms with Crippen molar-refractivity contribution in [3.05, 3.63) is 0 Å². The summed E-state index contributed by atoms with van der Waals surface area (Å²) >= 11 is 0. The number of primary amides is 1. The van der Waals surface area contributed by atoms with Gasteiger partial charge in [-0.1, -0.05) is 13.8 Å². The van der Waals surface area contributed by atoms with Crippen LogP contribution in [0.4, 0.5) is 4.79 Å². The van der Waals surface area contributed by atoms with Crippen molar-refractivity contribution in [1.29, 1.82) is 0 Å². The second-order valence-electron chi connectivity index (χ2n) is 2.92. The van der Waals surface area contributed by atoms with Crippen molar-refractivity contribution in [2.45, 2.75) is 27.2 Å². The summed E-state index contributed by atoms with van der Waals surface area (Å²) in [7, 11) is 0. The summed E-state index contributed by atoms with van der Waals surface area (Å²) < 4.78 is 0. The summed E-state index contributed by atoms with van der Waals surface area (Å²) in [5.41, 5.74) is 7.88. The van der Waals surface area contributed by atoms with Gasteiger partial charge in [0.25, 0.3) is 0 Å². The summed E-state index contributed by atoms with van der Waals surface area (Å²) in [6.45, 7) is 6.03. The molecule has 2 amide bonds. The van der Waals surface area contributed by atoms with Gasteiger partial charge in [-0.3, -0.25) is 0 Å². The Hall–Kier alpha value is -1.06. The second kappa shape index (κ2) is 4.71. The minimum atomic E-state index is -0.617. The van der Waals surface area contributed by atoms with E-state index in [2.05, 4.69) is 24.4 Å². The van der Waals surface area contributed by atoms with Crippen LogP contribution in [0.2, 0.25) is 0 Å². The van der Waals surface area contributed by atoms with E-state index in [0.29, 0.717) is 5.92 Å². The number of rotatable bonds is 3. The Labute approximate surface area is 66.8 Å². The summed E-state index contributed by atoms with van der Waals surface area (Å²) in [4.78, 5) is 10.2. The fourth-order valence-electron chi connectivity index (χ4n) is 0.787. The minimum Gasteiger partial charge on any atom is -0.350 e. The molecule has 0 unspecified atom stereocenters. The van der Waals surface area contributed by atoms with Crippen LogP contribution in [0.5, 0.6) is 0 Å². The van der Waals surface area contributed by atoms with Crippen LogP contribution < -0.4 is 11.2 Å². The molecule has 0 saturated carbocycles. The molecule has 3 N–H and O–H groups in total. The third-order valence-electron chi connectivity index (χ3n) is 1.06. The topological polar surface area (TPSA) is 67.5 Å². The van der Waals surface area contributed by atoms with Crippen molar-refractivity contribution in [2.24, 2.45) is 16.8 Å². The molecule has 11 heavy (non-hydrogen) atoms. The Morgan fingerprint density at radius 1 is 1.64 bits per heavy atom. The van der Waals surface area contributed by atoms with E-state index in [9.17, 15) is 4.79 Å². The number of nitrogens with zero attached hydrogens (tertiary/aromatic N) is 1. The van der Waals surface area contributed by atoms with Crippen LogP contribution in [0.15, 0.2) is 5.10 Å². The van der Waals surface area contributed by atoms with Crippen LogP contribution in [-0.4, -0.2) is 11.7 Å². The van der Waals surface area contributed by atoms with Gasteiger partial charge in [-0.05, 0) is 19.3 Å². The second-order valence-corrected chi connectivity index (χ2v) is 2.92. The number of hydrogen-bond donors (Lipinski definition) is 2. The number of urea groups is 1. The monoisotopic (exact) mass is 157 g/mol. The summed E-state index contributed by atoms with van der Waals surface area (Å²) in [5.74, 6) is 0.549. The summed E-state index contributed by atoms with van der Waals surface area (Å²) in [5, 5.41) is 3.76. The number of nitrogens with one attached hydrogen (secondary N) is 1. The van der Waals surface area contributed by atoms with Crippen LogP contribution in [0, 0.1) is 5.92 Å². The fraction of sp³-hybridized carbons (Fsp3) is 0.714. The molecule has 64 valence electrons. The van der Waals surface area contributed by atoms with Crippen molar-refractivity contribution >= 4 is 11.7 Å². The fourth-order valence-corrected chi connectivity index (χ4v) is 0.787. The molecule has 0 aliphatic rings. The van der Waals surface area contributed by atoms with Gasteiger partial charge >= 0.3 is 6.03 Å². The third kappa shape index (κ3) is 6.83. The van der Waals surface area contributed by atoms with Crippen molar-refractivity contribution in [3.8, 4) is 0 Å². The first-order chi connectivity index (χ1) is 5.02. The molecule has 0 rings (SSSR count). The maximum absolute atomic E-state index is 10.2. The van der Waals surface area contributed by atoms with Gasteiger partial charge in [-0.25, -0.2) is 10.2 Å². The average Bonchev–Trinajstić information content (AvgIpc) is 1.82. The normalized spacial score (nSPS) is 11.8. The first kappa shape index (κ1) is 9.94. The van der Waals surface area contributed by atoms with Crippen molar-refractivity contribution < 1.29 is 4.79 Å². The minimum absolute atomic E-state index is 0.549. The molecule has 0 spiro atoms. The Morgan fingerprint density at radius 2 is 2.18 bits per heavy atom. The molecule has 0 radical (unpaired) electrons. The molecule has 0 fully saturated rings. The molecular weight excluding hydrogens is 142 g/mol. The predicted octanol–water partition coefficient (Wildman–Crippen LogP) is 1.08. The van der Waals surface area contributed by atoms with Crippen LogP contribution in [0.25, 0.3) is 0 Å². The van der Waals surface area contributed by atoms with Crippen molar-refractivity contribution in [3.63, 3.8) is 0 Å². The molecule has 0 aliphatic heterocycles. The number of hydrazone groups is 1. The molecule has 0 bridgehead atoms. The maximum Gasteiger partial charge on any atom is 0.332 e. The molecule has 0 aromatic heterocycles. The van der Waals surface area contributed by atoms with E-state index in [-0.39, 0.29) is 0 Å². The highest BCUT2D eigenvalue weighted by atomic mass is 16.2. The third-order valence-corrected chi connectivity index (χ3v) is 1.06. The Morgan fingerprint density at radius 3 is 2.55 bits per heavy atom. The molecule has 4 heteroatoms. The van der Waals surface area contributed by atoms with Gasteiger partial charge in [0.2, 0.25) is 0 Å². The zero-order valence-corrected chi connectivity index (χ0v) is 7.22. The van der Waals surface area contributed by atoms with Gasteiger partial charge in [0.1, 0.15) is 0 Å². The zero-order chi connectivity index (χ0) is 8.85. The maximum atomic E-state index is 10.2. The predicted molar refractivity (Wildman–Crippen MR) is 45.3 cm³/mol. The lowest BCUT2D eigenvalue weighted by Crippen LogP contribution is -2.25. The van der Waals surface area contributed by atoms with Crippen LogP contribution >= 0.6 is 0 Å². The summed E-state index contributed by atoms with van der Waals surface area (Å²) in [6, 6.07) is -0.617. The molecular formula is C7H15N3O. The number of carbonyl (C=O) groups is 1. The molecule has 0 aromatic rings. The molecule has 0 aromatic carbocycles. The Balaban J connectivity index is 3.72. The number of amides is 2. The largest absolute Gasteiger partial charge is 0.350 e. The van der Waals surface area contributed by atoms with E-state index in [1.807, 2.05) is 6.92 Å². The molecule has 0 heterocycles. The lowest BCUT2D eigenvalue weighted by atomic mass is 10.1. The van der Waals surface area contributed by atoms with Crippen molar-refractivity contribution in [2.75, 3.05) is 0 Å². The van der Waals surface area contributed by atoms with Crippen LogP contribution in [0.3, 0.4) is 0 Å². The molecule has 0 aliphatic carbocycles. The number of hydrogen-bond acceptors (Lipinski definition) is 2. The summed E-state index contributed by atoms with van der Waals surface area (Å²) in [6.07, 6.45) is 0.875.